The van der Waals surface area contributed by atoms with Gasteiger partial charge >= 0.3 is 6.18 Å². The van der Waals surface area contributed by atoms with E-state index in [9.17, 15) is 13.2 Å². The largest absolute Gasteiger partial charge is 0.497 e. The number of pyridine rings is 1. The Kier molecular flexibility index (Phi) is 3.19. The van der Waals surface area contributed by atoms with E-state index in [1.165, 1.54) is 0 Å². The number of anilines is 1. The van der Waals surface area contributed by atoms with E-state index < -0.39 is 12.1 Å². The molecule has 1 fully saturated rings. The number of rotatable bonds is 2. The van der Waals surface area contributed by atoms with Gasteiger partial charge in [0.1, 0.15) is 11.6 Å². The fourth-order valence-electron chi connectivity index (χ4n) is 2.53. The molecule has 2 heterocycles. The molecule has 1 saturated heterocycles. The molecule has 0 N–H and O–H groups in total. The van der Waals surface area contributed by atoms with E-state index in [2.05, 4.69) is 4.98 Å². The Morgan fingerprint density at radius 1 is 1.24 bits per heavy atom. The average molecular weight is 296 g/mol. The first-order valence-electron chi connectivity index (χ1n) is 6.65. The molecule has 0 atom stereocenters. The first-order chi connectivity index (χ1) is 9.88. The molecule has 3 nitrogen and oxygen atoms in total. The maximum absolute atomic E-state index is 12.6. The molecule has 0 aliphatic carbocycles. The van der Waals surface area contributed by atoms with Gasteiger partial charge < -0.3 is 9.64 Å². The van der Waals surface area contributed by atoms with Crippen LogP contribution in [0.15, 0.2) is 24.3 Å². The van der Waals surface area contributed by atoms with Crippen molar-refractivity contribution in [1.82, 2.24) is 4.98 Å². The van der Waals surface area contributed by atoms with Crippen molar-refractivity contribution in [3.8, 4) is 5.75 Å². The zero-order valence-electron chi connectivity index (χ0n) is 11.7. The van der Waals surface area contributed by atoms with Crippen LogP contribution >= 0.6 is 0 Å². The van der Waals surface area contributed by atoms with Crippen molar-refractivity contribution in [3.05, 3.63) is 29.8 Å². The molecule has 1 aliphatic heterocycles. The third-order valence-corrected chi connectivity index (χ3v) is 3.88. The second kappa shape index (κ2) is 4.79. The third-order valence-electron chi connectivity index (χ3n) is 3.88. The van der Waals surface area contributed by atoms with E-state index in [4.69, 9.17) is 4.74 Å². The molecule has 3 rings (SSSR count). The van der Waals surface area contributed by atoms with Gasteiger partial charge in [-0.15, -0.1) is 0 Å². The summed E-state index contributed by atoms with van der Waals surface area (Å²) in [5.74, 6) is 0.0256. The predicted octanol–water partition coefficient (Wildman–Crippen LogP) is 3.55. The van der Waals surface area contributed by atoms with E-state index in [1.807, 2.05) is 25.1 Å². The summed E-state index contributed by atoms with van der Waals surface area (Å²) in [7, 11) is 1.57. The van der Waals surface area contributed by atoms with E-state index in [0.717, 1.165) is 16.5 Å². The molecule has 6 heteroatoms. The van der Waals surface area contributed by atoms with Gasteiger partial charge in [-0.1, -0.05) is 0 Å². The Morgan fingerprint density at radius 2 is 1.95 bits per heavy atom. The number of aromatic nitrogens is 1. The van der Waals surface area contributed by atoms with Gasteiger partial charge in [0.15, 0.2) is 0 Å². The number of hydrogen-bond acceptors (Lipinski definition) is 3. The maximum Gasteiger partial charge on any atom is 0.395 e. The summed E-state index contributed by atoms with van der Waals surface area (Å²) in [5, 5.41) is 0.979. The quantitative estimate of drug-likeness (QED) is 0.847. The smallest absolute Gasteiger partial charge is 0.395 e. The lowest BCUT2D eigenvalue weighted by Gasteiger charge is -2.41. The molecule has 0 saturated carbocycles. The molecule has 112 valence electrons. The van der Waals surface area contributed by atoms with Gasteiger partial charge in [-0.25, -0.2) is 4.98 Å². The summed E-state index contributed by atoms with van der Waals surface area (Å²) in [4.78, 5) is 6.12. The highest BCUT2D eigenvalue weighted by atomic mass is 19.4. The highest BCUT2D eigenvalue weighted by Crippen LogP contribution is 2.36. The van der Waals surface area contributed by atoms with E-state index in [0.29, 0.717) is 11.6 Å². The van der Waals surface area contributed by atoms with Crippen LogP contribution in [0.2, 0.25) is 0 Å². The molecule has 1 aliphatic rings. The highest BCUT2D eigenvalue weighted by molar-refractivity contribution is 5.85. The van der Waals surface area contributed by atoms with Crippen LogP contribution in [0, 0.1) is 12.8 Å². The number of methoxy groups -OCH3 is 1. The van der Waals surface area contributed by atoms with Gasteiger partial charge in [0, 0.05) is 24.5 Å². The lowest BCUT2D eigenvalue weighted by atomic mass is 9.99. The number of ether oxygens (including phenoxy) is 1. The van der Waals surface area contributed by atoms with Crippen molar-refractivity contribution in [2.75, 3.05) is 25.1 Å². The topological polar surface area (TPSA) is 25.4 Å². The number of benzene rings is 1. The second-order valence-corrected chi connectivity index (χ2v) is 5.32. The minimum absolute atomic E-state index is 0.0224. The van der Waals surface area contributed by atoms with Gasteiger partial charge in [0.05, 0.1) is 18.5 Å². The van der Waals surface area contributed by atoms with Crippen LogP contribution in [-0.2, 0) is 0 Å². The summed E-state index contributed by atoms with van der Waals surface area (Å²) in [6, 6.07) is 7.39. The van der Waals surface area contributed by atoms with Gasteiger partial charge in [0.25, 0.3) is 0 Å². The Hall–Kier alpha value is -1.98. The van der Waals surface area contributed by atoms with E-state index in [-0.39, 0.29) is 13.1 Å². The second-order valence-electron chi connectivity index (χ2n) is 5.32. The first kappa shape index (κ1) is 14.0. The number of aryl methyl sites for hydroxylation is 1. The Morgan fingerprint density at radius 3 is 2.57 bits per heavy atom. The predicted molar refractivity (Wildman–Crippen MR) is 74.8 cm³/mol. The number of hydrogen-bond donors (Lipinski definition) is 0. The molecule has 1 aromatic carbocycles. The van der Waals surface area contributed by atoms with E-state index in [1.54, 1.807) is 18.1 Å². The maximum atomic E-state index is 12.6. The SMILES string of the molecule is COc1ccc2c(C)cc(N3CC(C(F)(F)F)C3)nc2c1. The van der Waals surface area contributed by atoms with Crippen molar-refractivity contribution in [1.29, 1.82) is 0 Å². The monoisotopic (exact) mass is 296 g/mol. The van der Waals surface area contributed by atoms with Gasteiger partial charge in [-0.2, -0.15) is 13.2 Å². The lowest BCUT2D eigenvalue weighted by Crippen LogP contribution is -2.53. The number of nitrogens with zero attached hydrogens (tertiary/aromatic N) is 2. The molecule has 0 spiro atoms. The molecule has 0 unspecified atom stereocenters. The summed E-state index contributed by atoms with van der Waals surface area (Å²) < 4.78 is 42.8. The van der Waals surface area contributed by atoms with Crippen LogP contribution in [0.4, 0.5) is 19.0 Å². The molecule has 0 radical (unpaired) electrons. The number of fused-ring (bicyclic) bond motifs is 1. The lowest BCUT2D eigenvalue weighted by molar-refractivity contribution is -0.180. The normalized spacial score (nSPS) is 16.1. The van der Waals surface area contributed by atoms with Crippen molar-refractivity contribution >= 4 is 16.7 Å². The number of halogens is 3. The van der Waals surface area contributed by atoms with Crippen molar-refractivity contribution in [2.24, 2.45) is 5.92 Å². The fraction of sp³-hybridized carbons (Fsp3) is 0.400. The first-order valence-corrected chi connectivity index (χ1v) is 6.65. The minimum Gasteiger partial charge on any atom is -0.497 e. The molecule has 1 aromatic heterocycles. The standard InChI is InChI=1S/C15H15F3N2O/c1-9-5-14(20-7-10(8-20)15(16,17)18)19-13-6-11(21-2)3-4-12(9)13/h3-6,10H,7-8H2,1-2H3. The van der Waals surface area contributed by atoms with Crippen molar-refractivity contribution in [2.45, 2.75) is 13.1 Å². The third kappa shape index (κ3) is 2.50. The Balaban J connectivity index is 1.91. The highest BCUT2D eigenvalue weighted by Gasteiger charge is 2.47. The van der Waals surface area contributed by atoms with Crippen LogP contribution in [0.25, 0.3) is 10.9 Å². The zero-order valence-corrected chi connectivity index (χ0v) is 11.7. The van der Waals surface area contributed by atoms with Gasteiger partial charge in [0.2, 0.25) is 0 Å². The Labute approximate surface area is 120 Å². The van der Waals surface area contributed by atoms with Crippen LogP contribution in [0.5, 0.6) is 5.75 Å². The molecule has 0 bridgehead atoms. The van der Waals surface area contributed by atoms with E-state index >= 15 is 0 Å². The zero-order chi connectivity index (χ0) is 15.2. The van der Waals surface area contributed by atoms with Crippen LogP contribution in [0.3, 0.4) is 0 Å². The summed E-state index contributed by atoms with van der Waals surface area (Å²) >= 11 is 0. The van der Waals surface area contributed by atoms with Crippen LogP contribution < -0.4 is 9.64 Å². The minimum atomic E-state index is -4.12. The molecule has 0 amide bonds. The Bertz CT molecular complexity index is 678. The fourth-order valence-corrected chi connectivity index (χ4v) is 2.53. The van der Waals surface area contributed by atoms with Gasteiger partial charge in [-0.05, 0) is 30.7 Å². The summed E-state index contributed by atoms with van der Waals surface area (Å²) in [6.07, 6.45) is -4.12. The van der Waals surface area contributed by atoms with Crippen LogP contribution in [0.1, 0.15) is 5.56 Å². The molecular formula is C15H15F3N2O. The molecule has 2 aromatic rings. The van der Waals surface area contributed by atoms with Crippen molar-refractivity contribution in [3.63, 3.8) is 0 Å². The van der Waals surface area contributed by atoms with Gasteiger partial charge in [-0.3, -0.25) is 0 Å². The summed E-state index contributed by atoms with van der Waals surface area (Å²) in [6.45, 7) is 1.89. The number of alkyl halides is 3. The molecule has 21 heavy (non-hydrogen) atoms. The van der Waals surface area contributed by atoms with Crippen LogP contribution in [-0.4, -0.2) is 31.4 Å². The molecular weight excluding hydrogens is 281 g/mol. The average Bonchev–Trinajstić information content (AvgIpc) is 2.34. The van der Waals surface area contributed by atoms with Crippen molar-refractivity contribution < 1.29 is 17.9 Å². The summed E-state index contributed by atoms with van der Waals surface area (Å²) in [5.41, 5.74) is 1.73.